The molecule has 1 aromatic heterocycles. The number of rotatable bonds is 6. The number of hydrogen-bond acceptors (Lipinski definition) is 2. The van der Waals surface area contributed by atoms with Crippen LogP contribution in [0, 0.1) is 17.8 Å². The number of hydrogen-bond donors (Lipinski definition) is 0. The van der Waals surface area contributed by atoms with E-state index in [1.165, 1.54) is 91.3 Å². The van der Waals surface area contributed by atoms with Gasteiger partial charge in [0.2, 0.25) is 0 Å². The predicted octanol–water partition coefficient (Wildman–Crippen LogP) is 16.0. The van der Waals surface area contributed by atoms with Crippen LogP contribution in [-0.4, -0.2) is 0 Å². The summed E-state index contributed by atoms with van der Waals surface area (Å²) in [5, 5.41) is 2.66. The predicted molar refractivity (Wildman–Crippen MR) is 258 cm³/mol. The van der Waals surface area contributed by atoms with Crippen molar-refractivity contribution in [3.8, 4) is 11.1 Å². The fourth-order valence-electron chi connectivity index (χ4n) is 12.7. The molecule has 1 nitrogen and oxygen atoms in total. The van der Waals surface area contributed by atoms with E-state index in [1.54, 1.807) is 11.1 Å². The molecule has 3 aliphatic rings. The second kappa shape index (κ2) is 14.5. The summed E-state index contributed by atoms with van der Waals surface area (Å²) in [4.78, 5) is 2.51. The van der Waals surface area contributed by atoms with Crippen LogP contribution in [-0.2, 0) is 10.8 Å². The number of anilines is 3. The van der Waals surface area contributed by atoms with E-state index in [4.69, 9.17) is 0 Å². The molecule has 0 saturated heterocycles. The maximum atomic E-state index is 2.62. The Morgan fingerprint density at radius 1 is 0.475 bits per heavy atom. The highest BCUT2D eigenvalue weighted by atomic mass is 32.1. The van der Waals surface area contributed by atoms with E-state index in [2.05, 4.69) is 212 Å². The number of thiophene rings is 1. The lowest BCUT2D eigenvalue weighted by atomic mass is 9.42. The van der Waals surface area contributed by atoms with Crippen LogP contribution in [0.25, 0.3) is 31.3 Å². The first kappa shape index (κ1) is 36.6. The molecule has 2 heteroatoms. The van der Waals surface area contributed by atoms with Crippen LogP contribution in [0.3, 0.4) is 0 Å². The Morgan fingerprint density at radius 3 is 1.79 bits per heavy atom. The summed E-state index contributed by atoms with van der Waals surface area (Å²) in [6.45, 7) is 2.52. The van der Waals surface area contributed by atoms with Gasteiger partial charge in [0.15, 0.2) is 0 Å². The zero-order valence-corrected chi connectivity index (χ0v) is 35.5. The van der Waals surface area contributed by atoms with Crippen LogP contribution in [0.2, 0.25) is 0 Å². The summed E-state index contributed by atoms with van der Waals surface area (Å²) in [5.41, 5.74) is 14.1. The van der Waals surface area contributed by atoms with E-state index in [-0.39, 0.29) is 5.41 Å². The van der Waals surface area contributed by atoms with E-state index in [0.717, 1.165) is 17.3 Å². The fourth-order valence-corrected chi connectivity index (χ4v) is 14.0. The molecule has 8 aromatic carbocycles. The van der Waals surface area contributed by atoms with Crippen molar-refractivity contribution in [2.45, 2.75) is 49.9 Å². The Morgan fingerprint density at radius 2 is 1.05 bits per heavy atom. The van der Waals surface area contributed by atoms with Gasteiger partial charge in [-0.05, 0) is 130 Å². The normalized spacial score (nSPS) is 21.2. The van der Waals surface area contributed by atoms with E-state index >= 15 is 0 Å². The number of para-hydroxylation sites is 1. The lowest BCUT2D eigenvalue weighted by molar-refractivity contribution is 0.0494. The zero-order valence-electron chi connectivity index (χ0n) is 34.7. The highest BCUT2D eigenvalue weighted by Crippen LogP contribution is 2.66. The van der Waals surface area contributed by atoms with Gasteiger partial charge >= 0.3 is 0 Å². The Labute approximate surface area is 364 Å². The molecule has 3 aliphatic carbocycles. The van der Waals surface area contributed by atoms with Gasteiger partial charge in [-0.15, -0.1) is 11.3 Å². The van der Waals surface area contributed by atoms with Crippen LogP contribution in [0.1, 0.15) is 72.4 Å². The number of fused-ring (bicyclic) bond motifs is 5. The van der Waals surface area contributed by atoms with Gasteiger partial charge in [-0.1, -0.05) is 171 Å². The largest absolute Gasteiger partial charge is 0.310 e. The highest BCUT2D eigenvalue weighted by molar-refractivity contribution is 7.26. The Kier molecular flexibility index (Phi) is 8.68. The van der Waals surface area contributed by atoms with Crippen molar-refractivity contribution in [2.75, 3.05) is 4.90 Å². The maximum Gasteiger partial charge on any atom is 0.0708 e. The standard InChI is InChI=1S/C59H49NS/c1-40-36-44-23-16-24-45(37-40)59(44)53-32-13-12-31-52(53)58(42-19-5-2-6-20-42,43-21-7-3-8-22-43)55-39-48(34-35-54(55)59)60(46-25-9-4-10-26-46)47-27-15-18-41(38-47)49-29-17-30-51-50-28-11-14-33-56(50)61-57(49)51/h2-15,17-22,25-35,38-40,44-45H,16,23-24,36-37H2,1H3/t40?,44-,45+,59?. The van der Waals surface area contributed by atoms with Crippen LogP contribution in [0.15, 0.2) is 200 Å². The fraction of sp³-hybridized carbons (Fsp3) is 0.186. The molecule has 0 aliphatic heterocycles. The molecule has 61 heavy (non-hydrogen) atoms. The molecule has 2 fully saturated rings. The molecule has 9 aromatic rings. The van der Waals surface area contributed by atoms with Gasteiger partial charge in [-0.25, -0.2) is 0 Å². The summed E-state index contributed by atoms with van der Waals surface area (Å²) in [6.07, 6.45) is 6.47. The molecule has 0 amide bonds. The molecule has 2 unspecified atom stereocenters. The summed E-state index contributed by atoms with van der Waals surface area (Å²) in [7, 11) is 0. The molecule has 1 spiro atoms. The molecular formula is C59H49NS. The second-order valence-electron chi connectivity index (χ2n) is 18.0. The first-order chi connectivity index (χ1) is 30.2. The lowest BCUT2D eigenvalue weighted by Crippen LogP contribution is -2.55. The van der Waals surface area contributed by atoms with Crippen molar-refractivity contribution < 1.29 is 0 Å². The van der Waals surface area contributed by atoms with E-state index in [9.17, 15) is 0 Å². The minimum atomic E-state index is -0.520. The third-order valence-electron chi connectivity index (χ3n) is 14.9. The quantitative estimate of drug-likeness (QED) is 0.162. The molecular weight excluding hydrogens is 755 g/mol. The van der Waals surface area contributed by atoms with Crippen molar-refractivity contribution in [2.24, 2.45) is 17.8 Å². The van der Waals surface area contributed by atoms with Crippen LogP contribution in [0.4, 0.5) is 17.1 Å². The molecule has 2 bridgehead atoms. The van der Waals surface area contributed by atoms with Gasteiger partial charge in [0.1, 0.15) is 0 Å². The van der Waals surface area contributed by atoms with Crippen LogP contribution < -0.4 is 4.90 Å². The Bertz CT molecular complexity index is 3000. The summed E-state index contributed by atoms with van der Waals surface area (Å²) >= 11 is 1.90. The molecule has 12 rings (SSSR count). The smallest absolute Gasteiger partial charge is 0.0708 e. The van der Waals surface area contributed by atoms with Gasteiger partial charge < -0.3 is 4.90 Å². The van der Waals surface area contributed by atoms with E-state index in [0.29, 0.717) is 11.8 Å². The monoisotopic (exact) mass is 803 g/mol. The third-order valence-corrected chi connectivity index (χ3v) is 16.1. The lowest BCUT2D eigenvalue weighted by Gasteiger charge is -2.61. The molecule has 1 heterocycles. The maximum absolute atomic E-state index is 2.62. The van der Waals surface area contributed by atoms with Gasteiger partial charge in [0.05, 0.1) is 5.41 Å². The van der Waals surface area contributed by atoms with E-state index in [1.807, 2.05) is 11.3 Å². The van der Waals surface area contributed by atoms with Crippen LogP contribution >= 0.6 is 11.3 Å². The molecule has 0 N–H and O–H groups in total. The SMILES string of the molecule is CC1C[C@H]2CCC[C@@H](C1)C21c2ccccc2C(c2ccccc2)(c2ccccc2)c2cc(N(c3ccccc3)c3cccc(-c4cccc5c4sc4ccccc45)c3)ccc21. The van der Waals surface area contributed by atoms with Crippen molar-refractivity contribution in [1.82, 2.24) is 0 Å². The summed E-state index contributed by atoms with van der Waals surface area (Å²) in [5.74, 6) is 1.94. The Balaban J connectivity index is 1.14. The van der Waals surface area contributed by atoms with Crippen molar-refractivity contribution in [3.05, 3.63) is 234 Å². The minimum absolute atomic E-state index is 0.0390. The van der Waals surface area contributed by atoms with Gasteiger partial charge in [0.25, 0.3) is 0 Å². The second-order valence-corrected chi connectivity index (χ2v) is 19.1. The molecule has 2 saturated carbocycles. The van der Waals surface area contributed by atoms with Crippen molar-refractivity contribution >= 4 is 48.6 Å². The van der Waals surface area contributed by atoms with Gasteiger partial charge in [-0.3, -0.25) is 0 Å². The molecule has 296 valence electrons. The van der Waals surface area contributed by atoms with E-state index < -0.39 is 5.41 Å². The highest BCUT2D eigenvalue weighted by Gasteiger charge is 2.60. The topological polar surface area (TPSA) is 3.24 Å². The van der Waals surface area contributed by atoms with Crippen molar-refractivity contribution in [1.29, 1.82) is 0 Å². The summed E-state index contributed by atoms with van der Waals surface area (Å²) < 4.78 is 2.67. The van der Waals surface area contributed by atoms with Crippen molar-refractivity contribution in [3.63, 3.8) is 0 Å². The number of benzene rings is 8. The zero-order chi connectivity index (χ0) is 40.5. The average molecular weight is 804 g/mol. The first-order valence-corrected chi connectivity index (χ1v) is 23.2. The first-order valence-electron chi connectivity index (χ1n) is 22.4. The summed E-state index contributed by atoms with van der Waals surface area (Å²) in [6, 6.07) is 76.1. The third kappa shape index (κ3) is 5.44. The number of nitrogens with zero attached hydrogens (tertiary/aromatic N) is 1. The average Bonchev–Trinajstić information content (AvgIpc) is 3.70. The molecule has 0 radical (unpaired) electrons. The minimum Gasteiger partial charge on any atom is -0.310 e. The van der Waals surface area contributed by atoms with Gasteiger partial charge in [0, 0.05) is 42.6 Å². The van der Waals surface area contributed by atoms with Crippen LogP contribution in [0.5, 0.6) is 0 Å². The Hall–Kier alpha value is -6.22. The van der Waals surface area contributed by atoms with Gasteiger partial charge in [-0.2, -0.15) is 0 Å². The molecule has 4 atom stereocenters.